The van der Waals surface area contributed by atoms with E-state index in [1.54, 1.807) is 0 Å². The first-order valence-electron chi connectivity index (χ1n) is 7.46. The molecule has 110 valence electrons. The number of benzene rings is 1. The summed E-state index contributed by atoms with van der Waals surface area (Å²) in [7, 11) is 0. The summed E-state index contributed by atoms with van der Waals surface area (Å²) in [6, 6.07) is 4.22. The molecule has 1 heterocycles. The summed E-state index contributed by atoms with van der Waals surface area (Å²) in [5.41, 5.74) is 6.06. The molecule has 0 spiro atoms. The van der Waals surface area contributed by atoms with Crippen molar-refractivity contribution in [2.24, 2.45) is 5.92 Å². The molecule has 20 heavy (non-hydrogen) atoms. The second-order valence-electron chi connectivity index (χ2n) is 5.61. The van der Waals surface area contributed by atoms with Crippen LogP contribution in [0.1, 0.15) is 49.4 Å². The maximum atomic E-state index is 13.2. The highest BCUT2D eigenvalue weighted by Gasteiger charge is 2.21. The Morgan fingerprint density at radius 1 is 1.40 bits per heavy atom. The van der Waals surface area contributed by atoms with E-state index in [4.69, 9.17) is 5.73 Å². The average Bonchev–Trinajstić information content (AvgIpc) is 2.67. The average molecular weight is 278 g/mol. The summed E-state index contributed by atoms with van der Waals surface area (Å²) in [5.74, 6) is 0.227. The van der Waals surface area contributed by atoms with Gasteiger partial charge >= 0.3 is 0 Å². The highest BCUT2D eigenvalue weighted by molar-refractivity contribution is 5.95. The summed E-state index contributed by atoms with van der Waals surface area (Å²) in [5, 5.41) is 0. The summed E-state index contributed by atoms with van der Waals surface area (Å²) < 4.78 is 13.2. The number of halogens is 1. The molecule has 2 N–H and O–H groups in total. The van der Waals surface area contributed by atoms with Gasteiger partial charge in [-0.05, 0) is 43.4 Å². The first-order valence-corrected chi connectivity index (χ1v) is 7.46. The number of nitrogens with two attached hydrogens (primary N) is 1. The van der Waals surface area contributed by atoms with Crippen LogP contribution < -0.4 is 5.73 Å². The number of rotatable bonds is 3. The third kappa shape index (κ3) is 3.50. The first kappa shape index (κ1) is 14.8. The van der Waals surface area contributed by atoms with E-state index in [9.17, 15) is 9.18 Å². The van der Waals surface area contributed by atoms with E-state index in [0.29, 0.717) is 5.56 Å². The molecule has 3 nitrogen and oxygen atoms in total. The number of amides is 1. The summed E-state index contributed by atoms with van der Waals surface area (Å²) >= 11 is 0. The number of nitrogens with zero attached hydrogens (tertiary/aromatic N) is 1. The molecule has 0 bridgehead atoms. The predicted octanol–water partition coefficient (Wildman–Crippen LogP) is 3.45. The van der Waals surface area contributed by atoms with Crippen molar-refractivity contribution in [1.82, 2.24) is 4.90 Å². The summed E-state index contributed by atoms with van der Waals surface area (Å²) in [6.07, 6.45) is 5.76. The molecule has 1 atom stereocenters. The van der Waals surface area contributed by atoms with Gasteiger partial charge in [0, 0.05) is 18.7 Å². The van der Waals surface area contributed by atoms with Crippen LogP contribution in [0.25, 0.3) is 0 Å². The first-order chi connectivity index (χ1) is 9.61. The fourth-order valence-corrected chi connectivity index (χ4v) is 2.92. The minimum absolute atomic E-state index is 0.0335. The van der Waals surface area contributed by atoms with E-state index < -0.39 is 5.82 Å². The topological polar surface area (TPSA) is 46.3 Å². The fourth-order valence-electron chi connectivity index (χ4n) is 2.92. The van der Waals surface area contributed by atoms with Crippen LogP contribution in [0, 0.1) is 11.7 Å². The molecule has 0 aliphatic carbocycles. The molecule has 1 aliphatic rings. The van der Waals surface area contributed by atoms with E-state index in [1.165, 1.54) is 37.5 Å². The monoisotopic (exact) mass is 278 g/mol. The van der Waals surface area contributed by atoms with Gasteiger partial charge in [0.15, 0.2) is 0 Å². The second-order valence-corrected chi connectivity index (χ2v) is 5.61. The third-order valence-electron chi connectivity index (χ3n) is 4.07. The third-order valence-corrected chi connectivity index (χ3v) is 4.07. The molecular formula is C16H23FN2O. The lowest BCUT2D eigenvalue weighted by Crippen LogP contribution is -2.32. The minimum atomic E-state index is -0.472. The minimum Gasteiger partial charge on any atom is -0.396 e. The highest BCUT2D eigenvalue weighted by Crippen LogP contribution is 2.23. The van der Waals surface area contributed by atoms with E-state index in [0.717, 1.165) is 31.8 Å². The van der Waals surface area contributed by atoms with E-state index in [-0.39, 0.29) is 11.6 Å². The zero-order valence-electron chi connectivity index (χ0n) is 12.1. The number of carbonyl (C=O) groups is 1. The van der Waals surface area contributed by atoms with Crippen LogP contribution in [0.5, 0.6) is 0 Å². The van der Waals surface area contributed by atoms with Crippen molar-refractivity contribution in [2.75, 3.05) is 18.8 Å². The van der Waals surface area contributed by atoms with E-state index in [2.05, 4.69) is 6.92 Å². The molecule has 1 unspecified atom stereocenters. The van der Waals surface area contributed by atoms with Gasteiger partial charge in [-0.2, -0.15) is 0 Å². The summed E-state index contributed by atoms with van der Waals surface area (Å²) in [6.45, 7) is 3.78. The maximum absolute atomic E-state index is 13.2. The van der Waals surface area contributed by atoms with Gasteiger partial charge in [0.25, 0.3) is 5.91 Å². The van der Waals surface area contributed by atoms with Crippen molar-refractivity contribution in [3.05, 3.63) is 29.6 Å². The summed E-state index contributed by atoms with van der Waals surface area (Å²) in [4.78, 5) is 14.3. The maximum Gasteiger partial charge on any atom is 0.253 e. The number of hydrogen-bond acceptors (Lipinski definition) is 2. The Morgan fingerprint density at radius 2 is 2.20 bits per heavy atom. The van der Waals surface area contributed by atoms with Crippen LogP contribution in [0.3, 0.4) is 0 Å². The second kappa shape index (κ2) is 6.73. The van der Waals surface area contributed by atoms with Gasteiger partial charge in [-0.1, -0.05) is 19.8 Å². The highest BCUT2D eigenvalue weighted by atomic mass is 19.1. The van der Waals surface area contributed by atoms with Crippen molar-refractivity contribution in [3.63, 3.8) is 0 Å². The van der Waals surface area contributed by atoms with Crippen LogP contribution in [0.15, 0.2) is 18.2 Å². The Bertz CT molecular complexity index is 476. The lowest BCUT2D eigenvalue weighted by molar-refractivity contribution is 0.0760. The van der Waals surface area contributed by atoms with Crippen molar-refractivity contribution in [2.45, 2.75) is 39.0 Å². The smallest absolute Gasteiger partial charge is 0.253 e. The molecule has 2 rings (SSSR count). The van der Waals surface area contributed by atoms with Crippen molar-refractivity contribution in [3.8, 4) is 0 Å². The van der Waals surface area contributed by atoms with Gasteiger partial charge in [0.1, 0.15) is 5.82 Å². The normalized spacial score (nSPS) is 19.7. The molecule has 0 saturated carbocycles. The number of likely N-dealkylation sites (tertiary alicyclic amines) is 1. The Hall–Kier alpha value is -1.58. The van der Waals surface area contributed by atoms with E-state index in [1.807, 2.05) is 4.90 Å². The molecule has 0 aromatic heterocycles. The van der Waals surface area contributed by atoms with Gasteiger partial charge in [0.05, 0.1) is 5.69 Å². The number of nitrogen functional groups attached to an aromatic ring is 1. The number of carbonyl (C=O) groups excluding carboxylic acids is 1. The molecule has 1 aliphatic heterocycles. The molecule has 0 radical (unpaired) electrons. The molecule has 1 amide bonds. The van der Waals surface area contributed by atoms with Crippen LogP contribution in [-0.4, -0.2) is 23.9 Å². The molecule has 1 aromatic carbocycles. The Balaban J connectivity index is 2.03. The van der Waals surface area contributed by atoms with Crippen molar-refractivity contribution >= 4 is 11.6 Å². The quantitative estimate of drug-likeness (QED) is 0.861. The van der Waals surface area contributed by atoms with Gasteiger partial charge in [-0.3, -0.25) is 4.79 Å². The standard InChI is InChI=1S/C16H23FN2O/c1-2-4-12-5-3-9-19(10-8-12)16(20)13-6-7-14(17)15(18)11-13/h6-7,11-12H,2-5,8-10,18H2,1H3. The van der Waals surface area contributed by atoms with Crippen LogP contribution >= 0.6 is 0 Å². The Morgan fingerprint density at radius 3 is 2.90 bits per heavy atom. The largest absolute Gasteiger partial charge is 0.396 e. The molecule has 1 aromatic rings. The number of anilines is 1. The van der Waals surface area contributed by atoms with Gasteiger partial charge in [-0.25, -0.2) is 4.39 Å². The predicted molar refractivity (Wildman–Crippen MR) is 79.0 cm³/mol. The van der Waals surface area contributed by atoms with Crippen LogP contribution in [0.4, 0.5) is 10.1 Å². The lowest BCUT2D eigenvalue weighted by atomic mass is 9.96. The van der Waals surface area contributed by atoms with Crippen molar-refractivity contribution in [1.29, 1.82) is 0 Å². The fraction of sp³-hybridized carbons (Fsp3) is 0.562. The van der Waals surface area contributed by atoms with Gasteiger partial charge in [0.2, 0.25) is 0 Å². The van der Waals surface area contributed by atoms with Crippen molar-refractivity contribution < 1.29 is 9.18 Å². The zero-order valence-corrected chi connectivity index (χ0v) is 12.1. The Labute approximate surface area is 120 Å². The Kier molecular flexibility index (Phi) is 4.99. The van der Waals surface area contributed by atoms with Gasteiger partial charge in [-0.15, -0.1) is 0 Å². The molecule has 1 saturated heterocycles. The SMILES string of the molecule is CCCC1CCCN(C(=O)c2ccc(F)c(N)c2)CC1. The van der Waals surface area contributed by atoms with Crippen LogP contribution in [0.2, 0.25) is 0 Å². The van der Waals surface area contributed by atoms with Crippen LogP contribution in [-0.2, 0) is 0 Å². The molecule has 4 heteroatoms. The molecular weight excluding hydrogens is 255 g/mol. The van der Waals surface area contributed by atoms with E-state index >= 15 is 0 Å². The van der Waals surface area contributed by atoms with Gasteiger partial charge < -0.3 is 10.6 Å². The molecule has 1 fully saturated rings. The lowest BCUT2D eigenvalue weighted by Gasteiger charge is -2.21. The number of hydrogen-bond donors (Lipinski definition) is 1. The zero-order chi connectivity index (χ0) is 14.5.